The molecule has 27 heavy (non-hydrogen) atoms. The molecule has 0 radical (unpaired) electrons. The van der Waals surface area contributed by atoms with E-state index in [-0.39, 0.29) is 29.8 Å². The van der Waals surface area contributed by atoms with Gasteiger partial charge in [-0.2, -0.15) is 0 Å². The second-order valence-electron chi connectivity index (χ2n) is 6.97. The minimum atomic E-state index is -0.199. The molecule has 1 atom stereocenters. The van der Waals surface area contributed by atoms with E-state index in [4.69, 9.17) is 10.5 Å². The molecule has 2 fully saturated rings. The molecule has 2 saturated heterocycles. The lowest BCUT2D eigenvalue weighted by Gasteiger charge is -2.36. The number of nitrogens with zero attached hydrogens (tertiary/aromatic N) is 4. The number of hydrogen-bond donors (Lipinski definition) is 1. The van der Waals surface area contributed by atoms with Crippen LogP contribution in [0.4, 0.5) is 10.1 Å². The van der Waals surface area contributed by atoms with E-state index in [1.165, 1.54) is 25.0 Å². The molecule has 0 aromatic heterocycles. The Kier molecular flexibility index (Phi) is 9.04. The van der Waals surface area contributed by atoms with Gasteiger partial charge in [-0.3, -0.25) is 9.89 Å². The first-order valence-corrected chi connectivity index (χ1v) is 9.46. The Balaban J connectivity index is 0.00000261. The molecule has 152 valence electrons. The number of piperazine rings is 1. The molecule has 1 aromatic rings. The molecule has 2 aliphatic rings. The smallest absolute Gasteiger partial charge is 0.191 e. The molecule has 1 aromatic carbocycles. The predicted octanol–water partition coefficient (Wildman–Crippen LogP) is 1.99. The first-order valence-electron chi connectivity index (χ1n) is 9.46. The van der Waals surface area contributed by atoms with Gasteiger partial charge in [0.05, 0.1) is 13.2 Å². The zero-order valence-electron chi connectivity index (χ0n) is 16.0. The number of rotatable bonds is 6. The van der Waals surface area contributed by atoms with E-state index in [0.29, 0.717) is 12.0 Å². The minimum Gasteiger partial charge on any atom is -0.383 e. The summed E-state index contributed by atoms with van der Waals surface area (Å²) in [5.74, 6) is 0.442. The zero-order chi connectivity index (χ0) is 18.4. The summed E-state index contributed by atoms with van der Waals surface area (Å²) in [6.07, 6.45) is 2.40. The van der Waals surface area contributed by atoms with Gasteiger partial charge >= 0.3 is 0 Å². The Labute approximate surface area is 178 Å². The van der Waals surface area contributed by atoms with Crippen LogP contribution < -0.4 is 10.6 Å². The third kappa shape index (κ3) is 6.18. The fourth-order valence-corrected chi connectivity index (χ4v) is 3.75. The molecule has 1 unspecified atom stereocenters. The van der Waals surface area contributed by atoms with Crippen molar-refractivity contribution in [3.8, 4) is 0 Å². The SMILES string of the molecule is COCCN1CCCC1CN=C(N)N1CCN(c2ccc(F)cc2)CC1.I. The van der Waals surface area contributed by atoms with Crippen LogP contribution in [0.2, 0.25) is 0 Å². The minimum absolute atomic E-state index is 0. The molecule has 2 N–H and O–H groups in total. The Morgan fingerprint density at radius 3 is 2.56 bits per heavy atom. The lowest BCUT2D eigenvalue weighted by molar-refractivity contribution is 0.142. The number of anilines is 1. The molecular formula is C19H31FIN5O. The van der Waals surface area contributed by atoms with Crippen LogP contribution in [0.1, 0.15) is 12.8 Å². The van der Waals surface area contributed by atoms with Crippen molar-refractivity contribution in [2.45, 2.75) is 18.9 Å². The van der Waals surface area contributed by atoms with E-state index in [0.717, 1.165) is 58.1 Å². The fraction of sp³-hybridized carbons (Fsp3) is 0.632. The topological polar surface area (TPSA) is 57.3 Å². The maximum absolute atomic E-state index is 13.1. The van der Waals surface area contributed by atoms with E-state index >= 15 is 0 Å². The number of methoxy groups -OCH3 is 1. The monoisotopic (exact) mass is 491 g/mol. The van der Waals surface area contributed by atoms with Gasteiger partial charge in [-0.05, 0) is 43.7 Å². The molecule has 2 aliphatic heterocycles. The number of likely N-dealkylation sites (tertiary alicyclic amines) is 1. The van der Waals surface area contributed by atoms with Crippen molar-refractivity contribution in [1.29, 1.82) is 0 Å². The van der Waals surface area contributed by atoms with E-state index < -0.39 is 0 Å². The third-order valence-corrected chi connectivity index (χ3v) is 5.34. The number of aliphatic imine (C=N–C) groups is 1. The average Bonchev–Trinajstić information content (AvgIpc) is 3.12. The normalized spacial score (nSPS) is 21.4. The third-order valence-electron chi connectivity index (χ3n) is 5.34. The van der Waals surface area contributed by atoms with Gasteiger partial charge in [-0.25, -0.2) is 4.39 Å². The van der Waals surface area contributed by atoms with E-state index in [2.05, 4.69) is 19.7 Å². The van der Waals surface area contributed by atoms with Crippen LogP contribution in [-0.2, 0) is 4.74 Å². The number of hydrogen-bond acceptors (Lipinski definition) is 4. The van der Waals surface area contributed by atoms with Crippen molar-refractivity contribution in [2.75, 3.05) is 64.4 Å². The molecule has 0 aliphatic carbocycles. The summed E-state index contributed by atoms with van der Waals surface area (Å²) < 4.78 is 18.3. The van der Waals surface area contributed by atoms with Gasteiger partial charge in [0.2, 0.25) is 0 Å². The molecule has 0 bridgehead atoms. The molecule has 8 heteroatoms. The van der Waals surface area contributed by atoms with Crippen LogP contribution in [-0.4, -0.2) is 81.3 Å². The Bertz CT molecular complexity index is 592. The van der Waals surface area contributed by atoms with Crippen molar-refractivity contribution in [3.63, 3.8) is 0 Å². The number of ether oxygens (including phenoxy) is 1. The van der Waals surface area contributed by atoms with Gasteiger partial charge in [-0.15, -0.1) is 24.0 Å². The highest BCUT2D eigenvalue weighted by molar-refractivity contribution is 14.0. The lowest BCUT2D eigenvalue weighted by Crippen LogP contribution is -2.51. The van der Waals surface area contributed by atoms with Crippen molar-refractivity contribution in [2.24, 2.45) is 10.7 Å². The number of benzene rings is 1. The maximum Gasteiger partial charge on any atom is 0.191 e. The van der Waals surface area contributed by atoms with Crippen LogP contribution in [0.5, 0.6) is 0 Å². The highest BCUT2D eigenvalue weighted by Crippen LogP contribution is 2.18. The fourth-order valence-electron chi connectivity index (χ4n) is 3.75. The largest absolute Gasteiger partial charge is 0.383 e. The Morgan fingerprint density at radius 2 is 1.89 bits per heavy atom. The van der Waals surface area contributed by atoms with Gasteiger partial charge in [-0.1, -0.05) is 0 Å². The van der Waals surface area contributed by atoms with Gasteiger partial charge in [0, 0.05) is 51.6 Å². The lowest BCUT2D eigenvalue weighted by atomic mass is 10.2. The van der Waals surface area contributed by atoms with Crippen LogP contribution in [0.25, 0.3) is 0 Å². The average molecular weight is 491 g/mol. The van der Waals surface area contributed by atoms with E-state index in [1.807, 2.05) is 12.1 Å². The molecular weight excluding hydrogens is 460 g/mol. The van der Waals surface area contributed by atoms with Gasteiger partial charge < -0.3 is 20.3 Å². The quantitative estimate of drug-likeness (QED) is 0.375. The summed E-state index contributed by atoms with van der Waals surface area (Å²) in [6, 6.07) is 7.15. The maximum atomic E-state index is 13.1. The molecule has 0 spiro atoms. The summed E-state index contributed by atoms with van der Waals surface area (Å²) in [4.78, 5) is 11.5. The molecule has 0 saturated carbocycles. The van der Waals surface area contributed by atoms with Gasteiger partial charge in [0.15, 0.2) is 5.96 Å². The second-order valence-corrected chi connectivity index (χ2v) is 6.97. The van der Waals surface area contributed by atoms with Crippen LogP contribution in [0.15, 0.2) is 29.3 Å². The van der Waals surface area contributed by atoms with Crippen molar-refractivity contribution >= 4 is 35.6 Å². The Hall–Kier alpha value is -1.13. The summed E-state index contributed by atoms with van der Waals surface area (Å²) >= 11 is 0. The van der Waals surface area contributed by atoms with Crippen LogP contribution in [0, 0.1) is 5.82 Å². The van der Waals surface area contributed by atoms with E-state index in [9.17, 15) is 4.39 Å². The molecule has 0 amide bonds. The number of halogens is 2. The van der Waals surface area contributed by atoms with Crippen LogP contribution >= 0.6 is 24.0 Å². The molecule has 3 rings (SSSR count). The summed E-state index contributed by atoms with van der Waals surface area (Å²) in [7, 11) is 1.74. The first kappa shape index (κ1) is 22.2. The summed E-state index contributed by atoms with van der Waals surface area (Å²) in [5, 5.41) is 0. The predicted molar refractivity (Wildman–Crippen MR) is 119 cm³/mol. The zero-order valence-corrected chi connectivity index (χ0v) is 18.3. The van der Waals surface area contributed by atoms with Crippen molar-refractivity contribution < 1.29 is 9.13 Å². The first-order chi connectivity index (χ1) is 12.7. The Morgan fingerprint density at radius 1 is 1.19 bits per heavy atom. The molecule has 6 nitrogen and oxygen atoms in total. The van der Waals surface area contributed by atoms with E-state index in [1.54, 1.807) is 7.11 Å². The van der Waals surface area contributed by atoms with Crippen LogP contribution in [0.3, 0.4) is 0 Å². The number of nitrogens with two attached hydrogens (primary N) is 1. The highest BCUT2D eigenvalue weighted by atomic mass is 127. The van der Waals surface area contributed by atoms with Crippen molar-refractivity contribution in [3.05, 3.63) is 30.1 Å². The van der Waals surface area contributed by atoms with Gasteiger partial charge in [0.25, 0.3) is 0 Å². The number of guanidine groups is 1. The molecule has 2 heterocycles. The van der Waals surface area contributed by atoms with Crippen molar-refractivity contribution in [1.82, 2.24) is 9.80 Å². The summed E-state index contributed by atoms with van der Waals surface area (Å²) in [6.45, 7) is 7.02. The second kappa shape index (κ2) is 11.0. The highest BCUT2D eigenvalue weighted by Gasteiger charge is 2.24. The summed E-state index contributed by atoms with van der Waals surface area (Å²) in [5.41, 5.74) is 7.30. The van der Waals surface area contributed by atoms with Gasteiger partial charge in [0.1, 0.15) is 5.82 Å². The standard InChI is InChI=1S/C19H30FN5O.HI/c1-26-14-13-23-8-2-3-18(23)15-22-19(21)25-11-9-24(10-12-25)17-6-4-16(20)5-7-17;/h4-7,18H,2-3,8-15H2,1H3,(H2,21,22);1H.